The number of benzene rings is 1. The number of halogens is 2. The van der Waals surface area contributed by atoms with Crippen molar-refractivity contribution >= 4 is 27.1 Å². The molecule has 88 valence electrons. The fourth-order valence-corrected chi connectivity index (χ4v) is 1.96. The van der Waals surface area contributed by atoms with Crippen LogP contribution in [0.1, 0.15) is 0 Å². The molecular formula is C13H7BrFN3. The molecule has 0 N–H and O–H groups in total. The first-order valence-corrected chi connectivity index (χ1v) is 6.06. The Balaban J connectivity index is 2.15. The van der Waals surface area contributed by atoms with Crippen LogP contribution in [-0.4, -0.2) is 15.0 Å². The van der Waals surface area contributed by atoms with Crippen LogP contribution in [0.15, 0.2) is 47.2 Å². The van der Waals surface area contributed by atoms with Crippen LogP contribution in [0.5, 0.6) is 0 Å². The van der Waals surface area contributed by atoms with E-state index in [4.69, 9.17) is 0 Å². The number of nitrogens with zero attached hydrogens (tertiary/aromatic N) is 3. The molecule has 0 radical (unpaired) electrons. The van der Waals surface area contributed by atoms with Gasteiger partial charge in [0.1, 0.15) is 11.3 Å². The summed E-state index contributed by atoms with van der Waals surface area (Å²) < 4.78 is 13.7. The highest BCUT2D eigenvalue weighted by atomic mass is 79.9. The number of rotatable bonds is 1. The third-order valence-corrected chi connectivity index (χ3v) is 2.94. The normalized spacial score (nSPS) is 10.8. The van der Waals surface area contributed by atoms with E-state index in [0.29, 0.717) is 16.9 Å². The molecule has 0 saturated carbocycles. The summed E-state index contributed by atoms with van der Waals surface area (Å²) >= 11 is 3.34. The van der Waals surface area contributed by atoms with Crippen LogP contribution in [0.4, 0.5) is 4.39 Å². The lowest BCUT2D eigenvalue weighted by molar-refractivity contribution is 0.628. The predicted molar refractivity (Wildman–Crippen MR) is 70.4 cm³/mol. The smallest absolute Gasteiger partial charge is 0.178 e. The predicted octanol–water partition coefficient (Wildman–Crippen LogP) is 3.59. The van der Waals surface area contributed by atoms with Crippen molar-refractivity contribution in [1.82, 2.24) is 15.0 Å². The number of aromatic nitrogens is 3. The molecule has 3 rings (SSSR count). The third kappa shape index (κ3) is 2.09. The van der Waals surface area contributed by atoms with E-state index in [-0.39, 0.29) is 5.82 Å². The fraction of sp³-hybridized carbons (Fsp3) is 0. The van der Waals surface area contributed by atoms with Gasteiger partial charge in [-0.2, -0.15) is 0 Å². The van der Waals surface area contributed by atoms with Crippen LogP contribution in [0.2, 0.25) is 0 Å². The zero-order valence-corrected chi connectivity index (χ0v) is 10.7. The van der Waals surface area contributed by atoms with Gasteiger partial charge in [-0.3, -0.25) is 0 Å². The van der Waals surface area contributed by atoms with Crippen LogP contribution < -0.4 is 0 Å². The molecule has 1 aromatic carbocycles. The molecular weight excluding hydrogens is 297 g/mol. The van der Waals surface area contributed by atoms with E-state index in [2.05, 4.69) is 30.9 Å². The second-order valence-corrected chi connectivity index (χ2v) is 4.67. The zero-order chi connectivity index (χ0) is 12.5. The van der Waals surface area contributed by atoms with E-state index in [1.165, 1.54) is 12.1 Å². The Morgan fingerprint density at radius 3 is 2.50 bits per heavy atom. The van der Waals surface area contributed by atoms with Crippen molar-refractivity contribution in [1.29, 1.82) is 0 Å². The minimum absolute atomic E-state index is 0.267. The van der Waals surface area contributed by atoms with Gasteiger partial charge in [-0.1, -0.05) is 0 Å². The maximum Gasteiger partial charge on any atom is 0.178 e. The Morgan fingerprint density at radius 1 is 1.00 bits per heavy atom. The summed E-state index contributed by atoms with van der Waals surface area (Å²) in [4.78, 5) is 12.8. The molecule has 3 aromatic rings. The number of hydrogen-bond acceptors (Lipinski definition) is 3. The van der Waals surface area contributed by atoms with Crippen LogP contribution >= 0.6 is 15.9 Å². The van der Waals surface area contributed by atoms with Gasteiger partial charge in [0.05, 0.1) is 11.9 Å². The monoisotopic (exact) mass is 303 g/mol. The molecule has 0 aliphatic carbocycles. The lowest BCUT2D eigenvalue weighted by Gasteiger charge is -2.02. The highest BCUT2D eigenvalue weighted by molar-refractivity contribution is 9.10. The van der Waals surface area contributed by atoms with Crippen LogP contribution in [-0.2, 0) is 0 Å². The van der Waals surface area contributed by atoms with E-state index < -0.39 is 0 Å². The summed E-state index contributed by atoms with van der Waals surface area (Å²) in [5.41, 5.74) is 2.81. The summed E-state index contributed by atoms with van der Waals surface area (Å²) in [6, 6.07) is 8.01. The average molecular weight is 304 g/mol. The molecule has 2 heterocycles. The highest BCUT2D eigenvalue weighted by Gasteiger charge is 2.04. The first-order chi connectivity index (χ1) is 8.72. The van der Waals surface area contributed by atoms with Gasteiger partial charge in [0.2, 0.25) is 0 Å². The van der Waals surface area contributed by atoms with Crippen molar-refractivity contribution in [3.05, 3.63) is 53.0 Å². The summed E-state index contributed by atoms with van der Waals surface area (Å²) in [5, 5.41) is 0. The zero-order valence-electron chi connectivity index (χ0n) is 9.14. The number of hydrogen-bond donors (Lipinski definition) is 0. The molecule has 0 unspecified atom stereocenters. The molecule has 0 atom stereocenters. The van der Waals surface area contributed by atoms with Crippen molar-refractivity contribution in [3.8, 4) is 11.3 Å². The molecule has 3 nitrogen and oxygen atoms in total. The van der Waals surface area contributed by atoms with Gasteiger partial charge >= 0.3 is 0 Å². The number of fused-ring (bicyclic) bond motifs is 1. The standard InChI is InChI=1S/C13H7BrFN3/c14-9-5-11-13(16-6-9)17-7-12(18-11)8-1-3-10(15)4-2-8/h1-7H. The minimum atomic E-state index is -0.267. The quantitative estimate of drug-likeness (QED) is 0.689. The van der Waals surface area contributed by atoms with E-state index in [0.717, 1.165) is 10.0 Å². The molecule has 0 fully saturated rings. The van der Waals surface area contributed by atoms with Gasteiger partial charge in [0, 0.05) is 16.2 Å². The van der Waals surface area contributed by atoms with Crippen molar-refractivity contribution in [2.45, 2.75) is 0 Å². The molecule has 0 amide bonds. The van der Waals surface area contributed by atoms with Crippen molar-refractivity contribution < 1.29 is 4.39 Å². The minimum Gasteiger partial charge on any atom is -0.243 e. The lowest BCUT2D eigenvalue weighted by atomic mass is 10.1. The van der Waals surface area contributed by atoms with E-state index in [1.54, 1.807) is 24.5 Å². The lowest BCUT2D eigenvalue weighted by Crippen LogP contribution is -1.91. The second-order valence-electron chi connectivity index (χ2n) is 3.76. The Hall–Kier alpha value is -1.88. The Morgan fingerprint density at radius 2 is 1.72 bits per heavy atom. The summed E-state index contributed by atoms with van der Waals surface area (Å²) in [6.45, 7) is 0. The Kier molecular flexibility index (Phi) is 2.76. The van der Waals surface area contributed by atoms with Crippen LogP contribution in [0, 0.1) is 5.82 Å². The molecule has 0 saturated heterocycles. The molecule has 0 aliphatic heterocycles. The fourth-order valence-electron chi connectivity index (χ4n) is 1.64. The van der Waals surface area contributed by atoms with Gasteiger partial charge in [-0.05, 0) is 46.3 Å². The SMILES string of the molecule is Fc1ccc(-c2cnc3ncc(Br)cc3n2)cc1. The highest BCUT2D eigenvalue weighted by Crippen LogP contribution is 2.20. The Bertz CT molecular complexity index is 713. The third-order valence-electron chi connectivity index (χ3n) is 2.50. The summed E-state index contributed by atoms with van der Waals surface area (Å²) in [5.74, 6) is -0.267. The molecule has 2 aromatic heterocycles. The van der Waals surface area contributed by atoms with Crippen molar-refractivity contribution in [2.75, 3.05) is 0 Å². The van der Waals surface area contributed by atoms with Crippen LogP contribution in [0.25, 0.3) is 22.4 Å². The maximum absolute atomic E-state index is 12.9. The summed E-state index contributed by atoms with van der Waals surface area (Å²) in [7, 11) is 0. The first kappa shape index (κ1) is 11.2. The van der Waals surface area contributed by atoms with E-state index in [1.807, 2.05) is 6.07 Å². The van der Waals surface area contributed by atoms with Gasteiger partial charge in [-0.15, -0.1) is 0 Å². The molecule has 5 heteroatoms. The molecule has 0 bridgehead atoms. The summed E-state index contributed by atoms with van der Waals surface area (Å²) in [6.07, 6.45) is 3.31. The Labute approximate surface area is 111 Å². The second kappa shape index (κ2) is 4.42. The first-order valence-electron chi connectivity index (χ1n) is 5.26. The largest absolute Gasteiger partial charge is 0.243 e. The maximum atomic E-state index is 12.9. The van der Waals surface area contributed by atoms with Gasteiger partial charge in [0.15, 0.2) is 5.65 Å². The average Bonchev–Trinajstić information content (AvgIpc) is 2.38. The van der Waals surface area contributed by atoms with Crippen LogP contribution in [0.3, 0.4) is 0 Å². The molecule has 18 heavy (non-hydrogen) atoms. The van der Waals surface area contributed by atoms with Crippen molar-refractivity contribution in [3.63, 3.8) is 0 Å². The van der Waals surface area contributed by atoms with Gasteiger partial charge in [-0.25, -0.2) is 19.3 Å². The molecule has 0 spiro atoms. The molecule has 0 aliphatic rings. The van der Waals surface area contributed by atoms with Gasteiger partial charge in [0.25, 0.3) is 0 Å². The topological polar surface area (TPSA) is 38.7 Å². The van der Waals surface area contributed by atoms with E-state index in [9.17, 15) is 4.39 Å². The number of pyridine rings is 1. The van der Waals surface area contributed by atoms with E-state index >= 15 is 0 Å². The van der Waals surface area contributed by atoms with Crippen molar-refractivity contribution in [2.24, 2.45) is 0 Å². The van der Waals surface area contributed by atoms with Gasteiger partial charge < -0.3 is 0 Å².